The highest BCUT2D eigenvalue weighted by molar-refractivity contribution is 7.25. The summed E-state index contributed by atoms with van der Waals surface area (Å²) in [6, 6.07) is 17.5. The summed E-state index contributed by atoms with van der Waals surface area (Å²) in [7, 11) is 0. The van der Waals surface area contributed by atoms with E-state index in [1.807, 2.05) is 42.5 Å². The Morgan fingerprint density at radius 3 is 1.89 bits per heavy atom. The molecule has 0 aliphatic carbocycles. The Kier molecular flexibility index (Phi) is 8.35. The molecule has 0 saturated carbocycles. The van der Waals surface area contributed by atoms with Crippen molar-refractivity contribution in [3.63, 3.8) is 0 Å². The topological polar surface area (TPSA) is 82.6 Å². The van der Waals surface area contributed by atoms with Crippen molar-refractivity contribution in [3.05, 3.63) is 118 Å². The van der Waals surface area contributed by atoms with Gasteiger partial charge in [0.2, 0.25) is 0 Å². The first-order valence-corrected chi connectivity index (χ1v) is 13.0. The van der Waals surface area contributed by atoms with Gasteiger partial charge < -0.3 is 8.83 Å². The van der Waals surface area contributed by atoms with Crippen molar-refractivity contribution in [1.82, 2.24) is 0 Å². The van der Waals surface area contributed by atoms with Crippen LogP contribution in [0.3, 0.4) is 0 Å². The third kappa shape index (κ3) is 5.98. The van der Waals surface area contributed by atoms with Gasteiger partial charge in [0.05, 0.1) is 35.0 Å². The van der Waals surface area contributed by atoms with Gasteiger partial charge in [0, 0.05) is 9.75 Å². The third-order valence-electron chi connectivity index (χ3n) is 5.26. The molecule has 0 aromatic carbocycles. The molecule has 0 fully saturated rings. The Balaban J connectivity index is 1.54. The molecule has 0 amide bonds. The van der Waals surface area contributed by atoms with Crippen LogP contribution in [0.4, 0.5) is 0 Å². The summed E-state index contributed by atoms with van der Waals surface area (Å²) in [4.78, 5) is 10.6. The van der Waals surface area contributed by atoms with Crippen molar-refractivity contribution >= 4 is 34.8 Å². The molecule has 4 aromatic heterocycles. The molecular weight excluding hydrogens is 512 g/mol. The summed E-state index contributed by atoms with van der Waals surface area (Å²) in [6.45, 7) is 16.0. The van der Waals surface area contributed by atoms with E-state index >= 15 is 0 Å². The van der Waals surface area contributed by atoms with E-state index in [2.05, 4.69) is 28.7 Å². The van der Waals surface area contributed by atoms with Crippen LogP contribution >= 0.6 is 22.7 Å². The molecule has 0 saturated heterocycles. The maximum absolute atomic E-state index is 8.84. The predicted molar refractivity (Wildman–Crippen MR) is 151 cm³/mol. The zero-order valence-electron chi connectivity index (χ0n) is 20.1. The molecular formula is C30H18N4O2S2. The molecule has 6 nitrogen and oxygen atoms in total. The predicted octanol–water partition coefficient (Wildman–Crippen LogP) is 9.24. The van der Waals surface area contributed by atoms with Crippen LogP contribution in [0.5, 0.6) is 0 Å². The van der Waals surface area contributed by atoms with Gasteiger partial charge in [0.15, 0.2) is 0 Å². The first-order valence-electron chi connectivity index (χ1n) is 11.3. The van der Waals surface area contributed by atoms with E-state index in [-0.39, 0.29) is 11.4 Å². The van der Waals surface area contributed by atoms with Gasteiger partial charge in [-0.1, -0.05) is 19.1 Å². The minimum absolute atomic E-state index is 0.0168. The summed E-state index contributed by atoms with van der Waals surface area (Å²) in [5.41, 5.74) is 1.26. The van der Waals surface area contributed by atoms with Crippen molar-refractivity contribution in [2.24, 2.45) is 0 Å². The van der Waals surface area contributed by atoms with Gasteiger partial charge >= 0.3 is 0 Å². The van der Waals surface area contributed by atoms with Crippen molar-refractivity contribution in [1.29, 1.82) is 10.5 Å². The second-order valence-corrected chi connectivity index (χ2v) is 9.79. The lowest BCUT2D eigenvalue weighted by Gasteiger charge is -1.96. The quantitative estimate of drug-likeness (QED) is 0.129. The zero-order chi connectivity index (χ0) is 26.9. The Bertz CT molecular complexity index is 1730. The fraction of sp³-hybridized carbons (Fsp3) is 0.0667. The van der Waals surface area contributed by atoms with Crippen molar-refractivity contribution < 1.29 is 8.83 Å². The number of hydrogen-bond donors (Lipinski definition) is 0. The van der Waals surface area contributed by atoms with E-state index in [1.165, 1.54) is 22.6 Å². The number of furan rings is 2. The SMILES string of the molecule is [C-]#[N+]/C(C#N)=C\C=C\c1ccc(-c2cc(CC)c(-c3ccc(-c4ccc(/C=C/C=C(\C#N)[N+]#[C-])o4)s3)s2)o1. The molecule has 182 valence electrons. The lowest BCUT2D eigenvalue weighted by Crippen LogP contribution is -1.76. The second kappa shape index (κ2) is 12.2. The first kappa shape index (κ1) is 26.0. The zero-order valence-corrected chi connectivity index (χ0v) is 21.8. The fourth-order valence-corrected chi connectivity index (χ4v) is 5.76. The lowest BCUT2D eigenvalue weighted by molar-refractivity contribution is 0.573. The molecule has 0 spiro atoms. The van der Waals surface area contributed by atoms with E-state index in [1.54, 1.807) is 47.0 Å². The van der Waals surface area contributed by atoms with Crippen molar-refractivity contribution in [2.45, 2.75) is 13.3 Å². The fourth-order valence-electron chi connectivity index (χ4n) is 3.43. The first-order chi connectivity index (χ1) is 18.6. The molecule has 4 heterocycles. The summed E-state index contributed by atoms with van der Waals surface area (Å²) in [5.74, 6) is 2.79. The highest BCUT2D eigenvalue weighted by Crippen LogP contribution is 2.43. The average molecular weight is 531 g/mol. The summed E-state index contributed by atoms with van der Waals surface area (Å²) in [5, 5.41) is 17.7. The maximum Gasteiger partial charge on any atom is 0.261 e. The van der Waals surface area contributed by atoms with Crippen LogP contribution in [0.25, 0.3) is 52.9 Å². The maximum atomic E-state index is 8.84. The van der Waals surface area contributed by atoms with Gasteiger partial charge in [-0.15, -0.1) is 22.7 Å². The summed E-state index contributed by atoms with van der Waals surface area (Å²) >= 11 is 3.32. The molecule has 0 N–H and O–H groups in total. The van der Waals surface area contributed by atoms with E-state index < -0.39 is 0 Å². The summed E-state index contributed by atoms with van der Waals surface area (Å²) in [6.07, 6.45) is 10.5. The molecule has 0 aliphatic rings. The lowest BCUT2D eigenvalue weighted by atomic mass is 10.1. The molecule has 0 unspecified atom stereocenters. The number of hydrogen-bond acceptors (Lipinski definition) is 6. The molecule has 8 heteroatoms. The van der Waals surface area contributed by atoms with E-state index in [4.69, 9.17) is 32.5 Å². The molecule has 0 bridgehead atoms. The van der Waals surface area contributed by atoms with Gasteiger partial charge in [-0.05, 0) is 78.8 Å². The molecule has 4 aromatic rings. The van der Waals surface area contributed by atoms with Gasteiger partial charge in [-0.3, -0.25) is 0 Å². The number of nitrogens with zero attached hydrogens (tertiary/aromatic N) is 4. The van der Waals surface area contributed by atoms with Gasteiger partial charge in [-0.25, -0.2) is 20.2 Å². The Morgan fingerprint density at radius 2 is 1.37 bits per heavy atom. The second-order valence-electron chi connectivity index (χ2n) is 7.66. The molecule has 0 atom stereocenters. The highest BCUT2D eigenvalue weighted by atomic mass is 32.1. The molecule has 0 radical (unpaired) electrons. The van der Waals surface area contributed by atoms with Gasteiger partial charge in [0.1, 0.15) is 23.0 Å². The van der Waals surface area contributed by atoms with Crippen LogP contribution in [0.1, 0.15) is 24.0 Å². The van der Waals surface area contributed by atoms with E-state index in [9.17, 15) is 0 Å². The number of allylic oxidation sites excluding steroid dienone is 6. The van der Waals surface area contributed by atoms with Crippen LogP contribution in [0.2, 0.25) is 0 Å². The van der Waals surface area contributed by atoms with Gasteiger partial charge in [-0.2, -0.15) is 0 Å². The smallest absolute Gasteiger partial charge is 0.261 e. The van der Waals surface area contributed by atoms with Crippen LogP contribution in [-0.4, -0.2) is 0 Å². The minimum Gasteiger partial charge on any atom is -0.456 e. The standard InChI is InChI=1S/C30H18N4O2S2/c1-4-20-17-29(26-14-12-24(36-26)10-6-8-22(19-32)34-3)38-30(20)28-16-15-27(37-28)25-13-11-23(35-25)9-5-7-21(18-31)33-2/h5-17H,4H2,1H3/b9-5+,10-6+,21-7+,22-8-. The van der Waals surface area contributed by atoms with Gasteiger partial charge in [0.25, 0.3) is 11.4 Å². The van der Waals surface area contributed by atoms with E-state index in [0.29, 0.717) is 11.5 Å². The Hall–Kier alpha value is -5.12. The third-order valence-corrected chi connectivity index (χ3v) is 7.73. The Labute approximate surface area is 228 Å². The van der Waals surface area contributed by atoms with Crippen LogP contribution in [0.15, 0.2) is 87.0 Å². The molecule has 38 heavy (non-hydrogen) atoms. The monoisotopic (exact) mass is 530 g/mol. The summed E-state index contributed by atoms with van der Waals surface area (Å²) < 4.78 is 11.9. The van der Waals surface area contributed by atoms with Crippen molar-refractivity contribution in [2.75, 3.05) is 0 Å². The van der Waals surface area contributed by atoms with Crippen LogP contribution < -0.4 is 0 Å². The van der Waals surface area contributed by atoms with Crippen LogP contribution in [-0.2, 0) is 6.42 Å². The van der Waals surface area contributed by atoms with Crippen LogP contribution in [0, 0.1) is 35.8 Å². The number of thiophene rings is 2. The number of rotatable bonds is 8. The highest BCUT2D eigenvalue weighted by Gasteiger charge is 2.16. The number of nitriles is 2. The average Bonchev–Trinajstić information content (AvgIpc) is 3.74. The minimum atomic E-state index is 0.0168. The molecule has 4 rings (SSSR count). The van der Waals surface area contributed by atoms with Crippen molar-refractivity contribution in [3.8, 4) is 43.2 Å². The molecule has 0 aliphatic heterocycles. The normalized spacial score (nSPS) is 11.9. The Morgan fingerprint density at radius 1 is 0.816 bits per heavy atom. The number of aryl methyl sites for hydroxylation is 1. The largest absolute Gasteiger partial charge is 0.456 e. The van der Waals surface area contributed by atoms with E-state index in [0.717, 1.165) is 32.6 Å².